The molecule has 0 heterocycles. The molecule has 0 saturated carbocycles. The van der Waals surface area contributed by atoms with Crippen LogP contribution in [0.2, 0.25) is 0 Å². The molecule has 0 bridgehead atoms. The molecule has 0 spiro atoms. The Kier molecular flexibility index (Phi) is 4.47. The summed E-state index contributed by atoms with van der Waals surface area (Å²) in [7, 11) is 0. The molecule has 0 saturated heterocycles. The van der Waals surface area contributed by atoms with Gasteiger partial charge in [0.05, 0.1) is 11.6 Å². The third-order valence-electron chi connectivity index (χ3n) is 1.93. The zero-order chi connectivity index (χ0) is 12.7. The molecule has 1 aromatic rings. The number of esters is 1. The summed E-state index contributed by atoms with van der Waals surface area (Å²) in [6.45, 7) is 1.49. The lowest BCUT2D eigenvalue weighted by Crippen LogP contribution is -2.10. The van der Waals surface area contributed by atoms with Crippen molar-refractivity contribution in [2.75, 3.05) is 0 Å². The van der Waals surface area contributed by atoms with Gasteiger partial charge < -0.3 is 4.74 Å². The van der Waals surface area contributed by atoms with Crippen molar-refractivity contribution < 1.29 is 9.53 Å². The number of benzene rings is 1. The van der Waals surface area contributed by atoms with Gasteiger partial charge in [-0.05, 0) is 30.7 Å². The Bertz CT molecular complexity index is 504. The maximum atomic E-state index is 11.2. The van der Waals surface area contributed by atoms with Gasteiger partial charge in [-0.15, -0.1) is 0 Å². The fourth-order valence-corrected chi connectivity index (χ4v) is 1.07. The molecule has 0 fully saturated rings. The van der Waals surface area contributed by atoms with Gasteiger partial charge in [-0.3, -0.25) is 0 Å². The minimum absolute atomic E-state index is 0.558. The molecule has 0 aliphatic carbocycles. The normalized spacial score (nSPS) is 11.5. The van der Waals surface area contributed by atoms with Gasteiger partial charge in [0, 0.05) is 6.08 Å². The summed E-state index contributed by atoms with van der Waals surface area (Å²) in [6.07, 6.45) is 2.05. The highest BCUT2D eigenvalue weighted by Crippen LogP contribution is 2.05. The minimum atomic E-state index is -0.756. The van der Waals surface area contributed by atoms with Gasteiger partial charge in [0.2, 0.25) is 0 Å². The van der Waals surface area contributed by atoms with E-state index in [0.29, 0.717) is 5.56 Å². The highest BCUT2D eigenvalue weighted by atomic mass is 16.5. The van der Waals surface area contributed by atoms with E-state index in [-0.39, 0.29) is 0 Å². The number of nitrogens with zero attached hydrogens (tertiary/aromatic N) is 2. The second kappa shape index (κ2) is 6.09. The van der Waals surface area contributed by atoms with Crippen molar-refractivity contribution in [3.8, 4) is 12.1 Å². The lowest BCUT2D eigenvalue weighted by Gasteiger charge is -2.01. The number of carbonyl (C=O) groups excluding carboxylic acids is 1. The molecule has 0 radical (unpaired) electrons. The van der Waals surface area contributed by atoms with Crippen LogP contribution in [0.3, 0.4) is 0 Å². The van der Waals surface area contributed by atoms with E-state index >= 15 is 0 Å². The third kappa shape index (κ3) is 4.19. The van der Waals surface area contributed by atoms with Crippen LogP contribution >= 0.6 is 0 Å². The number of carbonyl (C=O) groups is 1. The first kappa shape index (κ1) is 12.5. The molecule has 0 aliphatic rings. The average molecular weight is 226 g/mol. The van der Waals surface area contributed by atoms with Crippen LogP contribution in [0.4, 0.5) is 0 Å². The second-order valence-corrected chi connectivity index (χ2v) is 3.28. The van der Waals surface area contributed by atoms with Gasteiger partial charge in [-0.1, -0.05) is 12.1 Å². The van der Waals surface area contributed by atoms with Gasteiger partial charge in [-0.2, -0.15) is 10.5 Å². The first-order chi connectivity index (χ1) is 8.15. The van der Waals surface area contributed by atoms with Gasteiger partial charge in [0.15, 0.2) is 6.10 Å². The monoisotopic (exact) mass is 226 g/mol. The van der Waals surface area contributed by atoms with Crippen LogP contribution in [0.5, 0.6) is 0 Å². The largest absolute Gasteiger partial charge is 0.444 e. The lowest BCUT2D eigenvalue weighted by atomic mass is 10.1. The summed E-state index contributed by atoms with van der Waals surface area (Å²) in [5.74, 6) is -0.566. The second-order valence-electron chi connectivity index (χ2n) is 3.28. The highest BCUT2D eigenvalue weighted by Gasteiger charge is 2.03. The molecule has 0 aromatic heterocycles. The lowest BCUT2D eigenvalue weighted by molar-refractivity contribution is -0.139. The van der Waals surface area contributed by atoms with Crippen molar-refractivity contribution in [1.82, 2.24) is 0 Å². The van der Waals surface area contributed by atoms with E-state index in [2.05, 4.69) is 0 Å². The van der Waals surface area contributed by atoms with E-state index in [1.165, 1.54) is 13.0 Å². The predicted octanol–water partition coefficient (Wildman–Crippen LogP) is 2.03. The number of rotatable bonds is 3. The van der Waals surface area contributed by atoms with Crippen LogP contribution in [-0.4, -0.2) is 12.1 Å². The summed E-state index contributed by atoms with van der Waals surface area (Å²) < 4.78 is 4.73. The van der Waals surface area contributed by atoms with E-state index in [1.807, 2.05) is 6.07 Å². The van der Waals surface area contributed by atoms with E-state index in [1.54, 1.807) is 36.4 Å². The SMILES string of the molecule is C[C@H](C#N)OC(=O)/C=C/c1ccc(C#N)cc1. The van der Waals surface area contributed by atoms with Crippen LogP contribution in [0.15, 0.2) is 30.3 Å². The maximum Gasteiger partial charge on any atom is 0.332 e. The van der Waals surface area contributed by atoms with Crippen LogP contribution in [0, 0.1) is 22.7 Å². The number of nitriles is 2. The van der Waals surface area contributed by atoms with Crippen molar-refractivity contribution in [2.45, 2.75) is 13.0 Å². The Labute approximate surface area is 99.4 Å². The maximum absolute atomic E-state index is 11.2. The Morgan fingerprint density at radius 2 is 2.00 bits per heavy atom. The molecule has 4 nitrogen and oxygen atoms in total. The van der Waals surface area contributed by atoms with Crippen molar-refractivity contribution in [2.24, 2.45) is 0 Å². The van der Waals surface area contributed by atoms with E-state index in [0.717, 1.165) is 5.56 Å². The minimum Gasteiger partial charge on any atom is -0.444 e. The Hall–Kier alpha value is -2.59. The predicted molar refractivity (Wildman–Crippen MR) is 61.4 cm³/mol. The standard InChI is InChI=1S/C13H10N2O2/c1-10(8-14)17-13(16)7-6-11-2-4-12(9-15)5-3-11/h2-7,10H,1H3/b7-6+/t10-/m1/s1. The summed E-state index contributed by atoms with van der Waals surface area (Å²) in [6, 6.07) is 10.5. The third-order valence-corrected chi connectivity index (χ3v) is 1.93. The quantitative estimate of drug-likeness (QED) is 0.583. The van der Waals surface area contributed by atoms with Crippen LogP contribution < -0.4 is 0 Å². The Morgan fingerprint density at radius 1 is 1.35 bits per heavy atom. The molecule has 0 unspecified atom stereocenters. The van der Waals surface area contributed by atoms with Gasteiger partial charge in [0.1, 0.15) is 6.07 Å². The molecule has 84 valence electrons. The fourth-order valence-electron chi connectivity index (χ4n) is 1.07. The first-order valence-corrected chi connectivity index (χ1v) is 4.94. The molecule has 17 heavy (non-hydrogen) atoms. The molecule has 0 aliphatic heterocycles. The van der Waals surface area contributed by atoms with Crippen molar-refractivity contribution >= 4 is 12.0 Å². The summed E-state index contributed by atoms with van der Waals surface area (Å²) in [5, 5.41) is 17.0. The highest BCUT2D eigenvalue weighted by molar-refractivity contribution is 5.87. The summed E-state index contributed by atoms with van der Waals surface area (Å²) >= 11 is 0. The van der Waals surface area contributed by atoms with Crippen molar-refractivity contribution in [3.05, 3.63) is 41.5 Å². The van der Waals surface area contributed by atoms with Gasteiger partial charge in [0.25, 0.3) is 0 Å². The van der Waals surface area contributed by atoms with Gasteiger partial charge >= 0.3 is 5.97 Å². The number of hydrogen-bond acceptors (Lipinski definition) is 4. The van der Waals surface area contributed by atoms with Crippen molar-refractivity contribution in [1.29, 1.82) is 10.5 Å². The molecule has 0 amide bonds. The van der Waals surface area contributed by atoms with E-state index in [4.69, 9.17) is 15.3 Å². The first-order valence-electron chi connectivity index (χ1n) is 4.94. The summed E-state index contributed by atoms with van der Waals surface area (Å²) in [5.41, 5.74) is 1.34. The molecule has 1 atom stereocenters. The molecular weight excluding hydrogens is 216 g/mol. The Balaban J connectivity index is 2.62. The molecule has 0 N–H and O–H groups in total. The van der Waals surface area contributed by atoms with Crippen molar-refractivity contribution in [3.63, 3.8) is 0 Å². The number of ether oxygens (including phenoxy) is 1. The Morgan fingerprint density at radius 3 is 2.53 bits per heavy atom. The number of hydrogen-bond donors (Lipinski definition) is 0. The van der Waals surface area contributed by atoms with Gasteiger partial charge in [-0.25, -0.2) is 4.79 Å². The fraction of sp³-hybridized carbons (Fsp3) is 0.154. The zero-order valence-corrected chi connectivity index (χ0v) is 9.25. The van der Waals surface area contributed by atoms with E-state index < -0.39 is 12.1 Å². The van der Waals surface area contributed by atoms with Crippen LogP contribution in [0.1, 0.15) is 18.1 Å². The smallest absolute Gasteiger partial charge is 0.332 e. The topological polar surface area (TPSA) is 73.9 Å². The zero-order valence-electron chi connectivity index (χ0n) is 9.25. The molecule has 4 heteroatoms. The van der Waals surface area contributed by atoms with Crippen LogP contribution in [-0.2, 0) is 9.53 Å². The van der Waals surface area contributed by atoms with Crippen LogP contribution in [0.25, 0.3) is 6.08 Å². The molecule has 1 aromatic carbocycles. The molecular formula is C13H10N2O2. The average Bonchev–Trinajstić information content (AvgIpc) is 2.36. The van der Waals surface area contributed by atoms with E-state index in [9.17, 15) is 4.79 Å². The molecule has 1 rings (SSSR count). The summed E-state index contributed by atoms with van der Waals surface area (Å²) in [4.78, 5) is 11.2.